The van der Waals surface area contributed by atoms with Crippen LogP contribution in [0.3, 0.4) is 0 Å². The zero-order valence-corrected chi connectivity index (χ0v) is 10.7. The van der Waals surface area contributed by atoms with E-state index in [1.54, 1.807) is 18.3 Å². The van der Waals surface area contributed by atoms with Gasteiger partial charge < -0.3 is 10.2 Å². The average Bonchev–Trinajstić information content (AvgIpc) is 2.44. The monoisotopic (exact) mass is 263 g/mol. The summed E-state index contributed by atoms with van der Waals surface area (Å²) in [7, 11) is 0. The Morgan fingerprint density at radius 3 is 2.40 bits per heavy atom. The molecule has 3 heteroatoms. The third-order valence-electron chi connectivity index (χ3n) is 3.06. The van der Waals surface area contributed by atoms with Gasteiger partial charge in [0.25, 0.3) is 0 Å². The van der Waals surface area contributed by atoms with Crippen LogP contribution in [-0.4, -0.2) is 15.2 Å². The van der Waals surface area contributed by atoms with Gasteiger partial charge in [-0.25, -0.2) is 0 Å². The first-order valence-corrected chi connectivity index (χ1v) is 6.27. The summed E-state index contributed by atoms with van der Waals surface area (Å²) in [6.45, 7) is 0. The van der Waals surface area contributed by atoms with Gasteiger partial charge in [-0.3, -0.25) is 4.98 Å². The van der Waals surface area contributed by atoms with E-state index in [0.29, 0.717) is 0 Å². The number of aromatic nitrogens is 1. The Bertz CT molecular complexity index is 768. The minimum absolute atomic E-state index is 0.0456. The minimum atomic E-state index is 0.0456. The molecule has 0 radical (unpaired) electrons. The molecule has 0 aliphatic heterocycles. The van der Waals surface area contributed by atoms with Crippen molar-refractivity contribution in [2.45, 2.75) is 0 Å². The highest BCUT2D eigenvalue weighted by molar-refractivity contribution is 5.90. The van der Waals surface area contributed by atoms with Gasteiger partial charge in [0.15, 0.2) is 0 Å². The molecule has 3 nitrogen and oxygen atoms in total. The molecule has 2 N–H and O–H groups in total. The van der Waals surface area contributed by atoms with Crippen LogP contribution in [-0.2, 0) is 0 Å². The van der Waals surface area contributed by atoms with Crippen molar-refractivity contribution < 1.29 is 10.2 Å². The molecular weight excluding hydrogens is 250 g/mol. The maximum Gasteiger partial charge on any atom is 0.119 e. The Morgan fingerprint density at radius 2 is 1.60 bits per heavy atom. The van der Waals surface area contributed by atoms with Gasteiger partial charge in [0, 0.05) is 17.6 Å². The van der Waals surface area contributed by atoms with Crippen molar-refractivity contribution in [3.8, 4) is 11.5 Å². The van der Waals surface area contributed by atoms with Crippen molar-refractivity contribution in [2.75, 3.05) is 0 Å². The molecule has 0 aliphatic rings. The van der Waals surface area contributed by atoms with E-state index in [2.05, 4.69) is 4.98 Å². The van der Waals surface area contributed by atoms with Gasteiger partial charge in [-0.05, 0) is 35.4 Å². The van der Waals surface area contributed by atoms with Crippen LogP contribution in [0, 0.1) is 0 Å². The molecule has 3 rings (SSSR count). The molecule has 98 valence electrons. The lowest BCUT2D eigenvalue weighted by Crippen LogP contribution is -1.81. The number of rotatable bonds is 2. The third kappa shape index (κ3) is 2.47. The molecule has 0 unspecified atom stereocenters. The van der Waals surface area contributed by atoms with E-state index in [4.69, 9.17) is 0 Å². The zero-order valence-electron chi connectivity index (χ0n) is 10.7. The van der Waals surface area contributed by atoms with Crippen molar-refractivity contribution in [3.63, 3.8) is 0 Å². The fourth-order valence-electron chi connectivity index (χ4n) is 2.16. The smallest absolute Gasteiger partial charge is 0.119 e. The van der Waals surface area contributed by atoms with Crippen molar-refractivity contribution >= 4 is 23.1 Å². The molecule has 0 aliphatic carbocycles. The molecule has 3 aromatic rings. The highest BCUT2D eigenvalue weighted by Gasteiger charge is 1.99. The lowest BCUT2D eigenvalue weighted by molar-refractivity contribution is 0.450. The van der Waals surface area contributed by atoms with Crippen molar-refractivity contribution in [2.24, 2.45) is 0 Å². The van der Waals surface area contributed by atoms with Gasteiger partial charge in [-0.1, -0.05) is 30.4 Å². The fraction of sp³-hybridized carbons (Fsp3) is 0. The number of benzene rings is 2. The van der Waals surface area contributed by atoms with E-state index < -0.39 is 0 Å². The van der Waals surface area contributed by atoms with E-state index in [9.17, 15) is 10.2 Å². The molecule has 0 spiro atoms. The maximum absolute atomic E-state index is 9.46. The standard InChI is InChI=1S/C17H13NO2/c19-14-9-12(10-15(20)11-14)5-6-13-7-8-18-17-4-2-1-3-16(13)17/h1-11,19-20H. The molecule has 0 fully saturated rings. The average molecular weight is 263 g/mol. The summed E-state index contributed by atoms with van der Waals surface area (Å²) < 4.78 is 0. The van der Waals surface area contributed by atoms with Gasteiger partial charge >= 0.3 is 0 Å². The van der Waals surface area contributed by atoms with Crippen LogP contribution in [0.1, 0.15) is 11.1 Å². The lowest BCUT2D eigenvalue weighted by atomic mass is 10.1. The molecule has 0 atom stereocenters. The van der Waals surface area contributed by atoms with Gasteiger partial charge in [-0.2, -0.15) is 0 Å². The predicted octanol–water partition coefficient (Wildman–Crippen LogP) is 3.82. The Hall–Kier alpha value is -2.81. The highest BCUT2D eigenvalue weighted by Crippen LogP contribution is 2.23. The maximum atomic E-state index is 9.46. The summed E-state index contributed by atoms with van der Waals surface area (Å²) in [6, 6.07) is 14.3. The molecule has 0 bridgehead atoms. The van der Waals surface area contributed by atoms with Crippen molar-refractivity contribution in [1.29, 1.82) is 0 Å². The number of nitrogens with zero attached hydrogens (tertiary/aromatic N) is 1. The summed E-state index contributed by atoms with van der Waals surface area (Å²) >= 11 is 0. The number of fused-ring (bicyclic) bond motifs is 1. The molecule has 1 heterocycles. The van der Waals surface area contributed by atoms with E-state index >= 15 is 0 Å². The van der Waals surface area contributed by atoms with Crippen molar-refractivity contribution in [1.82, 2.24) is 4.98 Å². The lowest BCUT2D eigenvalue weighted by Gasteiger charge is -2.01. The van der Waals surface area contributed by atoms with Crippen molar-refractivity contribution in [3.05, 3.63) is 65.9 Å². The van der Waals surface area contributed by atoms with Gasteiger partial charge in [0.2, 0.25) is 0 Å². The summed E-state index contributed by atoms with van der Waals surface area (Å²) in [6.07, 6.45) is 5.56. The van der Waals surface area contributed by atoms with Gasteiger partial charge in [0.1, 0.15) is 11.5 Å². The Kier molecular flexibility index (Phi) is 3.09. The SMILES string of the molecule is Oc1cc(O)cc(C=Cc2ccnc3ccccc23)c1. The normalized spacial score (nSPS) is 11.2. The summed E-state index contributed by atoms with van der Waals surface area (Å²) in [5.41, 5.74) is 2.72. The van der Waals surface area contributed by atoms with E-state index in [1.807, 2.05) is 42.5 Å². The number of phenols is 2. The van der Waals surface area contributed by atoms with Gasteiger partial charge in [-0.15, -0.1) is 0 Å². The molecule has 0 saturated heterocycles. The topological polar surface area (TPSA) is 53.4 Å². The van der Waals surface area contributed by atoms with E-state index in [0.717, 1.165) is 22.0 Å². The number of para-hydroxylation sites is 1. The van der Waals surface area contributed by atoms with E-state index in [-0.39, 0.29) is 11.5 Å². The van der Waals surface area contributed by atoms with Crippen LogP contribution in [0.2, 0.25) is 0 Å². The molecule has 0 saturated carbocycles. The number of phenolic OH excluding ortho intramolecular Hbond substituents is 2. The third-order valence-corrected chi connectivity index (χ3v) is 3.06. The second-order valence-electron chi connectivity index (χ2n) is 4.53. The first-order valence-electron chi connectivity index (χ1n) is 6.27. The summed E-state index contributed by atoms with van der Waals surface area (Å²) in [5, 5.41) is 20.0. The predicted molar refractivity (Wildman–Crippen MR) is 80.4 cm³/mol. The number of pyridine rings is 1. The van der Waals surface area contributed by atoms with Crippen LogP contribution in [0.4, 0.5) is 0 Å². The summed E-state index contributed by atoms with van der Waals surface area (Å²) in [5.74, 6) is 0.0912. The largest absolute Gasteiger partial charge is 0.508 e. The van der Waals surface area contributed by atoms with Crippen LogP contribution in [0.5, 0.6) is 11.5 Å². The Morgan fingerprint density at radius 1 is 0.850 bits per heavy atom. The second kappa shape index (κ2) is 5.05. The molecule has 20 heavy (non-hydrogen) atoms. The number of hydrogen-bond donors (Lipinski definition) is 2. The highest BCUT2D eigenvalue weighted by atomic mass is 16.3. The first-order chi connectivity index (χ1) is 9.72. The molecule has 0 amide bonds. The second-order valence-corrected chi connectivity index (χ2v) is 4.53. The molecule has 2 aromatic carbocycles. The van der Waals surface area contributed by atoms with Gasteiger partial charge in [0.05, 0.1) is 5.52 Å². The number of aromatic hydroxyl groups is 2. The quantitative estimate of drug-likeness (QED) is 0.739. The Labute approximate surface area is 116 Å². The van der Waals surface area contributed by atoms with Crippen LogP contribution < -0.4 is 0 Å². The van der Waals surface area contributed by atoms with Crippen LogP contribution >= 0.6 is 0 Å². The van der Waals surface area contributed by atoms with Crippen LogP contribution in [0.25, 0.3) is 23.1 Å². The molecular formula is C17H13NO2. The fourth-order valence-corrected chi connectivity index (χ4v) is 2.16. The minimum Gasteiger partial charge on any atom is -0.508 e. The molecule has 1 aromatic heterocycles. The van der Waals surface area contributed by atoms with Crippen LogP contribution in [0.15, 0.2) is 54.7 Å². The summed E-state index contributed by atoms with van der Waals surface area (Å²) in [4.78, 5) is 4.31. The Balaban J connectivity index is 2.02. The zero-order chi connectivity index (χ0) is 13.9. The first kappa shape index (κ1) is 12.2. The number of hydrogen-bond acceptors (Lipinski definition) is 3. The van der Waals surface area contributed by atoms with E-state index in [1.165, 1.54) is 6.07 Å².